The van der Waals surface area contributed by atoms with Crippen LogP contribution in [0, 0.1) is 5.41 Å². The van der Waals surface area contributed by atoms with E-state index >= 15 is 0 Å². The summed E-state index contributed by atoms with van der Waals surface area (Å²) in [4.78, 5) is 15.0. The minimum atomic E-state index is 0. The first kappa shape index (κ1) is 18.0. The van der Waals surface area contributed by atoms with Crippen molar-refractivity contribution < 1.29 is 4.79 Å². The van der Waals surface area contributed by atoms with Crippen molar-refractivity contribution in [2.75, 3.05) is 19.6 Å². The van der Waals surface area contributed by atoms with E-state index in [1.165, 1.54) is 0 Å². The molecule has 2 aromatic rings. The second kappa shape index (κ2) is 6.81. The average molecular weight is 361 g/mol. The fourth-order valence-electron chi connectivity index (χ4n) is 3.58. The van der Waals surface area contributed by atoms with Crippen LogP contribution in [0.2, 0.25) is 0 Å². The van der Waals surface area contributed by atoms with Gasteiger partial charge in [-0.05, 0) is 43.4 Å². The number of benzene rings is 1. The van der Waals surface area contributed by atoms with E-state index in [1.807, 2.05) is 39.9 Å². The molecule has 4 rings (SSSR count). The lowest BCUT2D eigenvalue weighted by Gasteiger charge is -2.22. The predicted octanol–water partition coefficient (Wildman–Crippen LogP) is 2.98. The first-order valence-corrected chi connectivity index (χ1v) is 8.74. The molecule has 0 radical (unpaired) electrons. The summed E-state index contributed by atoms with van der Waals surface area (Å²) in [5.74, 6) is 0.561. The monoisotopic (exact) mass is 360 g/mol. The summed E-state index contributed by atoms with van der Waals surface area (Å²) in [6.07, 6.45) is 5.00. The molecule has 2 aliphatic rings. The van der Waals surface area contributed by atoms with Gasteiger partial charge in [0.1, 0.15) is 0 Å². The number of hydrogen-bond acceptors (Lipinski definition) is 3. The third kappa shape index (κ3) is 3.31. The van der Waals surface area contributed by atoms with Gasteiger partial charge in [-0.15, -0.1) is 12.4 Å². The van der Waals surface area contributed by atoms with Gasteiger partial charge in [-0.1, -0.05) is 25.1 Å². The van der Waals surface area contributed by atoms with Crippen molar-refractivity contribution in [1.29, 1.82) is 0 Å². The van der Waals surface area contributed by atoms with Crippen molar-refractivity contribution in [2.24, 2.45) is 11.1 Å². The maximum atomic E-state index is 13.1. The molecule has 2 N–H and O–H groups in total. The number of hydrogen-bond donors (Lipinski definition) is 1. The number of amides is 1. The molecule has 1 unspecified atom stereocenters. The summed E-state index contributed by atoms with van der Waals surface area (Å²) in [7, 11) is 0. The van der Waals surface area contributed by atoms with Gasteiger partial charge in [0.05, 0.1) is 23.1 Å². The Kier molecular flexibility index (Phi) is 4.89. The van der Waals surface area contributed by atoms with Crippen molar-refractivity contribution >= 4 is 18.3 Å². The molecular formula is C19H25ClN4O. The molecule has 1 aliphatic carbocycles. The third-order valence-corrected chi connectivity index (χ3v) is 5.34. The van der Waals surface area contributed by atoms with E-state index < -0.39 is 0 Å². The number of carbonyl (C=O) groups excluding carboxylic acids is 1. The van der Waals surface area contributed by atoms with Gasteiger partial charge in [-0.3, -0.25) is 4.79 Å². The number of nitrogens with zero attached hydrogens (tertiary/aromatic N) is 3. The van der Waals surface area contributed by atoms with Crippen LogP contribution in [0.1, 0.15) is 48.2 Å². The van der Waals surface area contributed by atoms with Crippen LogP contribution >= 0.6 is 12.4 Å². The Labute approximate surface area is 154 Å². The van der Waals surface area contributed by atoms with Crippen molar-refractivity contribution in [1.82, 2.24) is 14.7 Å². The fourth-order valence-corrected chi connectivity index (χ4v) is 3.58. The highest BCUT2D eigenvalue weighted by molar-refractivity contribution is 5.95. The summed E-state index contributed by atoms with van der Waals surface area (Å²) in [5, 5.41) is 4.54. The van der Waals surface area contributed by atoms with Crippen LogP contribution in [0.25, 0.3) is 5.69 Å². The molecule has 1 amide bonds. The SMILES string of the molecule is CC1(CN)CCN(C(=O)c2cnn(-c3ccccc3)c2C2CC2)C1.Cl. The van der Waals surface area contributed by atoms with Crippen LogP contribution < -0.4 is 5.73 Å². The summed E-state index contributed by atoms with van der Waals surface area (Å²) in [6.45, 7) is 4.31. The number of carbonyl (C=O) groups is 1. The zero-order valence-electron chi connectivity index (χ0n) is 14.5. The average Bonchev–Trinajstić information content (AvgIpc) is 3.23. The second-order valence-electron chi connectivity index (χ2n) is 7.46. The molecule has 1 aromatic heterocycles. The van der Waals surface area contributed by atoms with Crippen LogP contribution in [0.5, 0.6) is 0 Å². The largest absolute Gasteiger partial charge is 0.338 e. The maximum Gasteiger partial charge on any atom is 0.257 e. The van der Waals surface area contributed by atoms with E-state index in [-0.39, 0.29) is 23.7 Å². The molecule has 5 nitrogen and oxygen atoms in total. The highest BCUT2D eigenvalue weighted by Gasteiger charge is 2.39. The zero-order chi connectivity index (χ0) is 16.7. The van der Waals surface area contributed by atoms with Crippen molar-refractivity contribution in [3.8, 4) is 5.69 Å². The Morgan fingerprint density at radius 3 is 2.64 bits per heavy atom. The Bertz CT molecular complexity index is 756. The molecule has 1 saturated heterocycles. The fraction of sp³-hybridized carbons (Fsp3) is 0.474. The minimum Gasteiger partial charge on any atom is -0.338 e. The molecule has 2 heterocycles. The maximum absolute atomic E-state index is 13.1. The molecule has 1 saturated carbocycles. The van der Waals surface area contributed by atoms with Gasteiger partial charge < -0.3 is 10.6 Å². The topological polar surface area (TPSA) is 64.2 Å². The van der Waals surface area contributed by atoms with Gasteiger partial charge in [0.15, 0.2) is 0 Å². The summed E-state index contributed by atoms with van der Waals surface area (Å²) in [6, 6.07) is 10.1. The molecule has 25 heavy (non-hydrogen) atoms. The van der Waals surface area contributed by atoms with Crippen molar-refractivity contribution in [3.05, 3.63) is 47.8 Å². The van der Waals surface area contributed by atoms with Crippen LogP contribution in [0.4, 0.5) is 0 Å². The van der Waals surface area contributed by atoms with E-state index in [4.69, 9.17) is 5.73 Å². The molecule has 6 heteroatoms. The Hall–Kier alpha value is -1.85. The normalized spacial score (nSPS) is 22.7. The number of aromatic nitrogens is 2. The van der Waals surface area contributed by atoms with Crippen LogP contribution in [-0.2, 0) is 0 Å². The van der Waals surface area contributed by atoms with Gasteiger partial charge in [0.25, 0.3) is 5.91 Å². The van der Waals surface area contributed by atoms with E-state index in [2.05, 4.69) is 12.0 Å². The quantitative estimate of drug-likeness (QED) is 0.911. The van der Waals surface area contributed by atoms with Gasteiger partial charge in [0, 0.05) is 19.0 Å². The van der Waals surface area contributed by atoms with Gasteiger partial charge in [-0.25, -0.2) is 4.68 Å². The smallest absolute Gasteiger partial charge is 0.257 e. The molecule has 2 fully saturated rings. The van der Waals surface area contributed by atoms with Crippen LogP contribution in [-0.4, -0.2) is 40.2 Å². The van der Waals surface area contributed by atoms with Gasteiger partial charge in [-0.2, -0.15) is 5.10 Å². The summed E-state index contributed by atoms with van der Waals surface area (Å²) >= 11 is 0. The summed E-state index contributed by atoms with van der Waals surface area (Å²) < 4.78 is 1.95. The number of para-hydroxylation sites is 1. The number of halogens is 1. The Balaban J connectivity index is 0.00000182. The zero-order valence-corrected chi connectivity index (χ0v) is 15.3. The first-order chi connectivity index (χ1) is 11.6. The molecule has 0 bridgehead atoms. The lowest BCUT2D eigenvalue weighted by atomic mass is 9.90. The number of nitrogens with two attached hydrogens (primary N) is 1. The van der Waals surface area contributed by atoms with E-state index in [0.717, 1.165) is 49.3 Å². The molecule has 134 valence electrons. The molecule has 0 spiro atoms. The van der Waals surface area contributed by atoms with E-state index in [0.29, 0.717) is 12.5 Å². The predicted molar refractivity (Wildman–Crippen MR) is 100 cm³/mol. The van der Waals surface area contributed by atoms with Crippen LogP contribution in [0.15, 0.2) is 36.5 Å². The Morgan fingerprint density at radius 2 is 2.04 bits per heavy atom. The van der Waals surface area contributed by atoms with Gasteiger partial charge in [0.2, 0.25) is 0 Å². The lowest BCUT2D eigenvalue weighted by Crippen LogP contribution is -2.34. The highest BCUT2D eigenvalue weighted by Crippen LogP contribution is 2.43. The number of rotatable bonds is 4. The molecule has 1 aliphatic heterocycles. The van der Waals surface area contributed by atoms with Gasteiger partial charge >= 0.3 is 0 Å². The molecule has 1 atom stereocenters. The third-order valence-electron chi connectivity index (χ3n) is 5.34. The lowest BCUT2D eigenvalue weighted by molar-refractivity contribution is 0.0775. The molecule has 1 aromatic carbocycles. The van der Waals surface area contributed by atoms with Crippen molar-refractivity contribution in [3.63, 3.8) is 0 Å². The Morgan fingerprint density at radius 1 is 1.32 bits per heavy atom. The molecular weight excluding hydrogens is 336 g/mol. The summed E-state index contributed by atoms with van der Waals surface area (Å²) in [5.41, 5.74) is 8.79. The number of likely N-dealkylation sites (tertiary alicyclic amines) is 1. The van der Waals surface area contributed by atoms with Crippen molar-refractivity contribution in [2.45, 2.75) is 32.1 Å². The van der Waals surface area contributed by atoms with Crippen LogP contribution in [0.3, 0.4) is 0 Å². The van der Waals surface area contributed by atoms with E-state index in [1.54, 1.807) is 6.20 Å². The standard InChI is InChI=1S/C19H24N4O.ClH/c1-19(12-20)9-10-22(13-19)18(24)16-11-21-23(17(16)14-7-8-14)15-5-3-2-4-6-15;/h2-6,11,14H,7-10,12-13,20H2,1H3;1H. The minimum absolute atomic E-state index is 0. The second-order valence-corrected chi connectivity index (χ2v) is 7.46. The highest BCUT2D eigenvalue weighted by atomic mass is 35.5. The van der Waals surface area contributed by atoms with E-state index in [9.17, 15) is 4.79 Å². The first-order valence-electron chi connectivity index (χ1n) is 8.74.